The largest absolute Gasteiger partial charge is 0.399 e. The molecule has 1 saturated heterocycles. The Morgan fingerprint density at radius 1 is 1.26 bits per heavy atom. The summed E-state index contributed by atoms with van der Waals surface area (Å²) in [6.45, 7) is 7.33. The van der Waals surface area contributed by atoms with Gasteiger partial charge in [0, 0.05) is 50.7 Å². The summed E-state index contributed by atoms with van der Waals surface area (Å²) < 4.78 is 7.17. The molecule has 4 rings (SSSR count). The van der Waals surface area contributed by atoms with Crippen molar-refractivity contribution < 1.29 is 4.74 Å². The van der Waals surface area contributed by atoms with Gasteiger partial charge < -0.3 is 15.8 Å². The molecule has 0 unspecified atom stereocenters. The molecule has 1 aromatic carbocycles. The van der Waals surface area contributed by atoms with Crippen LogP contribution in [-0.4, -0.2) is 64.0 Å². The summed E-state index contributed by atoms with van der Waals surface area (Å²) in [5.41, 5.74) is 10.4. The van der Waals surface area contributed by atoms with Gasteiger partial charge in [-0.1, -0.05) is 6.07 Å². The van der Waals surface area contributed by atoms with Crippen LogP contribution < -0.4 is 11.1 Å². The highest BCUT2D eigenvalue weighted by atomic mass is 16.5. The number of rotatable bonds is 5. The van der Waals surface area contributed by atoms with E-state index in [1.807, 2.05) is 38.4 Å². The summed E-state index contributed by atoms with van der Waals surface area (Å²) in [4.78, 5) is 11.5. The van der Waals surface area contributed by atoms with E-state index in [0.29, 0.717) is 5.95 Å². The molecule has 2 aromatic heterocycles. The molecule has 1 fully saturated rings. The molecular weight excluding hydrogens is 342 g/mol. The summed E-state index contributed by atoms with van der Waals surface area (Å²) >= 11 is 0. The molecule has 1 aliphatic rings. The van der Waals surface area contributed by atoms with E-state index in [-0.39, 0.29) is 0 Å². The first kappa shape index (κ1) is 17.7. The van der Waals surface area contributed by atoms with Gasteiger partial charge in [0.05, 0.1) is 18.6 Å². The minimum atomic E-state index is 0.624. The summed E-state index contributed by atoms with van der Waals surface area (Å²) in [7, 11) is 1.90. The van der Waals surface area contributed by atoms with Crippen molar-refractivity contribution in [1.29, 1.82) is 0 Å². The molecule has 8 nitrogen and oxygen atoms in total. The van der Waals surface area contributed by atoms with E-state index in [1.165, 1.54) is 0 Å². The van der Waals surface area contributed by atoms with Crippen LogP contribution in [0, 0.1) is 6.92 Å². The molecule has 27 heavy (non-hydrogen) atoms. The predicted octanol–water partition coefficient (Wildman–Crippen LogP) is 1.67. The van der Waals surface area contributed by atoms with E-state index in [2.05, 4.69) is 25.3 Å². The smallest absolute Gasteiger partial charge is 0.224 e. The number of nitrogens with two attached hydrogens (primary N) is 1. The molecule has 0 radical (unpaired) electrons. The van der Waals surface area contributed by atoms with Crippen molar-refractivity contribution in [1.82, 2.24) is 24.6 Å². The number of fused-ring (bicyclic) bond motifs is 1. The number of aryl methyl sites for hydroxylation is 2. The number of hydrogen-bond acceptors (Lipinski definition) is 7. The van der Waals surface area contributed by atoms with Gasteiger partial charge in [0.25, 0.3) is 0 Å². The van der Waals surface area contributed by atoms with Crippen molar-refractivity contribution >= 4 is 22.7 Å². The van der Waals surface area contributed by atoms with Crippen LogP contribution in [0.15, 0.2) is 24.4 Å². The van der Waals surface area contributed by atoms with Gasteiger partial charge in [-0.15, -0.1) is 0 Å². The van der Waals surface area contributed by atoms with Crippen molar-refractivity contribution in [2.24, 2.45) is 7.05 Å². The van der Waals surface area contributed by atoms with Crippen LogP contribution in [0.3, 0.4) is 0 Å². The molecule has 3 aromatic rings. The lowest BCUT2D eigenvalue weighted by Gasteiger charge is -2.26. The van der Waals surface area contributed by atoms with Crippen LogP contribution in [0.5, 0.6) is 0 Å². The number of morpholine rings is 1. The summed E-state index contributed by atoms with van der Waals surface area (Å²) in [5, 5.41) is 8.89. The van der Waals surface area contributed by atoms with E-state index in [4.69, 9.17) is 10.5 Å². The number of benzene rings is 1. The second-order valence-electron chi connectivity index (χ2n) is 6.86. The molecule has 3 N–H and O–H groups in total. The molecule has 1 aliphatic heterocycles. The van der Waals surface area contributed by atoms with Gasteiger partial charge >= 0.3 is 0 Å². The maximum Gasteiger partial charge on any atom is 0.224 e. The standard InChI is InChI=1S/C19H25N7O/c1-13-11-14(3-4-16(13)20)17-15-12-22-19(23-18(15)25(2)24-17)21-5-6-26-7-9-27-10-8-26/h3-4,11-12H,5-10,20H2,1-2H3,(H,21,22,23). The van der Waals surface area contributed by atoms with Crippen LogP contribution >= 0.6 is 0 Å². The zero-order valence-electron chi connectivity index (χ0n) is 15.8. The lowest BCUT2D eigenvalue weighted by Crippen LogP contribution is -2.39. The number of nitrogens with one attached hydrogen (secondary N) is 1. The molecule has 0 bridgehead atoms. The van der Waals surface area contributed by atoms with Crippen LogP contribution in [0.1, 0.15) is 5.56 Å². The number of aromatic nitrogens is 4. The summed E-state index contributed by atoms with van der Waals surface area (Å²) in [5.74, 6) is 0.624. The van der Waals surface area contributed by atoms with Crippen molar-refractivity contribution in [3.63, 3.8) is 0 Å². The number of nitrogens with zero attached hydrogens (tertiary/aromatic N) is 5. The monoisotopic (exact) mass is 367 g/mol. The molecule has 0 spiro atoms. The minimum Gasteiger partial charge on any atom is -0.399 e. The van der Waals surface area contributed by atoms with Crippen LogP contribution in [0.4, 0.5) is 11.6 Å². The number of ether oxygens (including phenoxy) is 1. The first-order valence-corrected chi connectivity index (χ1v) is 9.22. The molecule has 3 heterocycles. The Kier molecular flexibility index (Phi) is 4.91. The van der Waals surface area contributed by atoms with Gasteiger partial charge in [0.15, 0.2) is 5.65 Å². The highest BCUT2D eigenvalue weighted by Gasteiger charge is 2.14. The van der Waals surface area contributed by atoms with E-state index in [9.17, 15) is 0 Å². The average molecular weight is 367 g/mol. The maximum absolute atomic E-state index is 5.94. The Morgan fingerprint density at radius 2 is 2.07 bits per heavy atom. The van der Waals surface area contributed by atoms with E-state index in [1.54, 1.807) is 4.68 Å². The van der Waals surface area contributed by atoms with E-state index < -0.39 is 0 Å². The van der Waals surface area contributed by atoms with Crippen LogP contribution in [0.25, 0.3) is 22.3 Å². The van der Waals surface area contributed by atoms with Gasteiger partial charge in [-0.05, 0) is 24.6 Å². The van der Waals surface area contributed by atoms with Gasteiger partial charge in [0.1, 0.15) is 5.69 Å². The highest BCUT2D eigenvalue weighted by Crippen LogP contribution is 2.28. The normalized spacial score (nSPS) is 15.3. The predicted molar refractivity (Wildman–Crippen MR) is 107 cm³/mol. The van der Waals surface area contributed by atoms with Crippen molar-refractivity contribution in [3.8, 4) is 11.3 Å². The summed E-state index contributed by atoms with van der Waals surface area (Å²) in [6.07, 6.45) is 1.84. The molecule has 0 atom stereocenters. The zero-order valence-corrected chi connectivity index (χ0v) is 15.8. The lowest BCUT2D eigenvalue weighted by molar-refractivity contribution is 0.0398. The minimum absolute atomic E-state index is 0.624. The fourth-order valence-corrected chi connectivity index (χ4v) is 3.31. The molecule has 0 saturated carbocycles. The maximum atomic E-state index is 5.94. The SMILES string of the molecule is Cc1cc(-c2nn(C)c3nc(NCCN4CCOCC4)ncc23)ccc1N. The van der Waals surface area contributed by atoms with Crippen molar-refractivity contribution in [2.45, 2.75) is 6.92 Å². The second-order valence-corrected chi connectivity index (χ2v) is 6.86. The van der Waals surface area contributed by atoms with Crippen molar-refractivity contribution in [2.75, 3.05) is 50.4 Å². The zero-order chi connectivity index (χ0) is 18.8. The van der Waals surface area contributed by atoms with Crippen LogP contribution in [-0.2, 0) is 11.8 Å². The fourth-order valence-electron chi connectivity index (χ4n) is 3.31. The number of anilines is 2. The third-order valence-electron chi connectivity index (χ3n) is 4.94. The first-order chi connectivity index (χ1) is 13.1. The highest BCUT2D eigenvalue weighted by molar-refractivity contribution is 5.91. The molecule has 142 valence electrons. The first-order valence-electron chi connectivity index (χ1n) is 9.22. The van der Waals surface area contributed by atoms with Gasteiger partial charge in [-0.25, -0.2) is 9.67 Å². The molecular formula is C19H25N7O. The van der Waals surface area contributed by atoms with Crippen molar-refractivity contribution in [3.05, 3.63) is 30.0 Å². The molecule has 8 heteroatoms. The third-order valence-corrected chi connectivity index (χ3v) is 4.94. The molecule has 0 aliphatic carbocycles. The van der Waals surface area contributed by atoms with Gasteiger partial charge in [-0.3, -0.25) is 4.90 Å². The molecule has 0 amide bonds. The second kappa shape index (κ2) is 7.50. The van der Waals surface area contributed by atoms with Gasteiger partial charge in [-0.2, -0.15) is 10.1 Å². The lowest BCUT2D eigenvalue weighted by atomic mass is 10.1. The van der Waals surface area contributed by atoms with Gasteiger partial charge in [0.2, 0.25) is 5.95 Å². The Hall–Kier alpha value is -2.71. The number of hydrogen-bond donors (Lipinski definition) is 2. The Labute approximate surface area is 158 Å². The number of nitrogen functional groups attached to an aromatic ring is 1. The Morgan fingerprint density at radius 3 is 2.85 bits per heavy atom. The third kappa shape index (κ3) is 3.72. The fraction of sp³-hybridized carbons (Fsp3) is 0.421. The Balaban J connectivity index is 1.52. The topological polar surface area (TPSA) is 94.1 Å². The quantitative estimate of drug-likeness (QED) is 0.662. The average Bonchev–Trinajstić information content (AvgIpc) is 3.01. The van der Waals surface area contributed by atoms with E-state index >= 15 is 0 Å². The summed E-state index contributed by atoms with van der Waals surface area (Å²) in [6, 6.07) is 5.94. The van der Waals surface area contributed by atoms with E-state index in [0.717, 1.165) is 72.9 Å². The van der Waals surface area contributed by atoms with Crippen LogP contribution in [0.2, 0.25) is 0 Å². The Bertz CT molecular complexity index is 947.